The third-order valence-electron chi connectivity index (χ3n) is 3.38. The molecule has 23 heavy (non-hydrogen) atoms. The monoisotopic (exact) mass is 353 g/mol. The summed E-state index contributed by atoms with van der Waals surface area (Å²) in [5.74, 6) is -0.101. The molecule has 0 bridgehead atoms. The molecule has 1 N–H and O–H groups in total. The van der Waals surface area contributed by atoms with E-state index in [9.17, 15) is 4.79 Å². The van der Waals surface area contributed by atoms with Crippen LogP contribution in [0.2, 0.25) is 0 Å². The van der Waals surface area contributed by atoms with Gasteiger partial charge in [0.25, 0.3) is 0 Å². The molecule has 2 aromatic rings. The van der Waals surface area contributed by atoms with E-state index in [1.165, 1.54) is 11.3 Å². The highest BCUT2D eigenvalue weighted by atomic mass is 32.1. The SMILES string of the molecule is Cc1csc(CN(C)CC(=O)Nc2nnc([C@H]3CCCO3)s2)n1. The van der Waals surface area contributed by atoms with Crippen LogP contribution in [-0.2, 0) is 16.1 Å². The van der Waals surface area contributed by atoms with E-state index in [2.05, 4.69) is 20.5 Å². The van der Waals surface area contributed by atoms with Crippen molar-refractivity contribution in [1.82, 2.24) is 20.1 Å². The Morgan fingerprint density at radius 2 is 2.39 bits per heavy atom. The van der Waals surface area contributed by atoms with Gasteiger partial charge in [-0.25, -0.2) is 4.98 Å². The first kappa shape index (κ1) is 16.4. The summed E-state index contributed by atoms with van der Waals surface area (Å²) in [6.45, 7) is 3.68. The zero-order valence-electron chi connectivity index (χ0n) is 13.1. The minimum atomic E-state index is -0.101. The minimum Gasteiger partial charge on any atom is -0.371 e. The number of rotatable bonds is 6. The van der Waals surface area contributed by atoms with Crippen LogP contribution in [0.4, 0.5) is 5.13 Å². The van der Waals surface area contributed by atoms with Crippen LogP contribution >= 0.6 is 22.7 Å². The van der Waals surface area contributed by atoms with Gasteiger partial charge in [-0.3, -0.25) is 15.0 Å². The van der Waals surface area contributed by atoms with Crippen molar-refractivity contribution in [3.63, 3.8) is 0 Å². The number of nitrogens with zero attached hydrogens (tertiary/aromatic N) is 4. The van der Waals surface area contributed by atoms with Crippen LogP contribution in [0.25, 0.3) is 0 Å². The average Bonchev–Trinajstić information content (AvgIpc) is 3.19. The molecule has 124 valence electrons. The maximum Gasteiger partial charge on any atom is 0.240 e. The molecule has 1 atom stereocenters. The number of hydrogen-bond donors (Lipinski definition) is 1. The van der Waals surface area contributed by atoms with E-state index in [-0.39, 0.29) is 18.6 Å². The van der Waals surface area contributed by atoms with E-state index in [0.717, 1.165) is 35.2 Å². The van der Waals surface area contributed by atoms with E-state index >= 15 is 0 Å². The number of thiazole rings is 1. The Balaban J connectivity index is 1.48. The molecule has 0 saturated carbocycles. The molecule has 9 heteroatoms. The normalized spacial score (nSPS) is 17.8. The number of aromatic nitrogens is 3. The van der Waals surface area contributed by atoms with Gasteiger partial charge in [-0.15, -0.1) is 21.5 Å². The summed E-state index contributed by atoms with van der Waals surface area (Å²) in [4.78, 5) is 18.4. The molecule has 1 aliphatic rings. The Kier molecular flexibility index (Phi) is 5.31. The van der Waals surface area contributed by atoms with Crippen LogP contribution in [0.1, 0.15) is 34.7 Å². The first-order chi connectivity index (χ1) is 11.1. The van der Waals surface area contributed by atoms with Crippen molar-refractivity contribution in [3.8, 4) is 0 Å². The number of amides is 1. The molecule has 0 aromatic carbocycles. The van der Waals surface area contributed by atoms with E-state index in [1.807, 2.05) is 24.3 Å². The van der Waals surface area contributed by atoms with Crippen molar-refractivity contribution in [2.45, 2.75) is 32.4 Å². The topological polar surface area (TPSA) is 80.2 Å². The number of anilines is 1. The van der Waals surface area contributed by atoms with Gasteiger partial charge in [0.05, 0.1) is 13.1 Å². The van der Waals surface area contributed by atoms with Crippen molar-refractivity contribution < 1.29 is 9.53 Å². The number of carbonyl (C=O) groups excluding carboxylic acids is 1. The predicted molar refractivity (Wildman–Crippen MR) is 89.7 cm³/mol. The molecule has 1 fully saturated rings. The largest absolute Gasteiger partial charge is 0.371 e. The van der Waals surface area contributed by atoms with Crippen molar-refractivity contribution in [2.24, 2.45) is 0 Å². The smallest absolute Gasteiger partial charge is 0.240 e. The van der Waals surface area contributed by atoms with Gasteiger partial charge < -0.3 is 4.74 Å². The fraction of sp³-hybridized carbons (Fsp3) is 0.571. The highest BCUT2D eigenvalue weighted by Gasteiger charge is 2.22. The molecular weight excluding hydrogens is 334 g/mol. The van der Waals surface area contributed by atoms with Crippen LogP contribution in [0, 0.1) is 6.92 Å². The van der Waals surface area contributed by atoms with Crippen molar-refractivity contribution in [3.05, 3.63) is 21.1 Å². The highest BCUT2D eigenvalue weighted by molar-refractivity contribution is 7.15. The average molecular weight is 353 g/mol. The lowest BCUT2D eigenvalue weighted by atomic mass is 10.2. The molecule has 0 radical (unpaired) electrons. The van der Waals surface area contributed by atoms with E-state index in [0.29, 0.717) is 11.7 Å². The molecule has 0 aliphatic carbocycles. The van der Waals surface area contributed by atoms with E-state index in [1.54, 1.807) is 11.3 Å². The van der Waals surface area contributed by atoms with E-state index in [4.69, 9.17) is 4.74 Å². The summed E-state index contributed by atoms with van der Waals surface area (Å²) < 4.78 is 5.57. The van der Waals surface area contributed by atoms with Crippen LogP contribution in [0.5, 0.6) is 0 Å². The maximum atomic E-state index is 12.1. The highest BCUT2D eigenvalue weighted by Crippen LogP contribution is 2.31. The van der Waals surface area contributed by atoms with Gasteiger partial charge in [-0.1, -0.05) is 11.3 Å². The Morgan fingerprint density at radius 1 is 1.52 bits per heavy atom. The molecule has 0 spiro atoms. The second-order valence-corrected chi connectivity index (χ2v) is 7.50. The molecule has 1 aliphatic heterocycles. The Hall–Kier alpha value is -1.42. The summed E-state index contributed by atoms with van der Waals surface area (Å²) in [7, 11) is 1.90. The summed E-state index contributed by atoms with van der Waals surface area (Å²) in [6, 6.07) is 0. The zero-order chi connectivity index (χ0) is 16.2. The van der Waals surface area contributed by atoms with Gasteiger partial charge in [0, 0.05) is 17.7 Å². The van der Waals surface area contributed by atoms with Crippen LogP contribution < -0.4 is 5.32 Å². The molecule has 2 aromatic heterocycles. The Labute approximate surface area is 142 Å². The van der Waals surface area contributed by atoms with Gasteiger partial charge in [0.2, 0.25) is 11.0 Å². The van der Waals surface area contributed by atoms with Crippen LogP contribution in [0.15, 0.2) is 5.38 Å². The summed E-state index contributed by atoms with van der Waals surface area (Å²) in [6.07, 6.45) is 2.06. The number of carbonyl (C=O) groups is 1. The van der Waals surface area contributed by atoms with Gasteiger partial charge in [0.1, 0.15) is 16.1 Å². The molecule has 7 nitrogen and oxygen atoms in total. The number of likely N-dealkylation sites (N-methyl/N-ethyl adjacent to an activating group) is 1. The quantitative estimate of drug-likeness (QED) is 0.858. The summed E-state index contributed by atoms with van der Waals surface area (Å²) in [5.41, 5.74) is 1.01. The number of ether oxygens (including phenoxy) is 1. The molecule has 3 heterocycles. The Morgan fingerprint density at radius 3 is 3.09 bits per heavy atom. The molecule has 1 amide bonds. The predicted octanol–water partition coefficient (Wildman–Crippen LogP) is 2.23. The Bertz CT molecular complexity index is 666. The minimum absolute atomic E-state index is 0.0361. The number of aryl methyl sites for hydroxylation is 1. The number of hydrogen-bond acceptors (Lipinski definition) is 8. The standard InChI is InChI=1S/C14H19N5O2S2/c1-9-8-22-12(15-9)7-19(2)6-11(20)16-14-18-17-13(23-14)10-4-3-5-21-10/h8,10H,3-7H2,1-2H3,(H,16,18,20)/t10-/m1/s1. The van der Waals surface area contributed by atoms with E-state index < -0.39 is 0 Å². The summed E-state index contributed by atoms with van der Waals surface area (Å²) in [5, 5.41) is 15.3. The molecule has 0 unspecified atom stereocenters. The molecule has 3 rings (SSSR count). The number of nitrogens with one attached hydrogen (secondary N) is 1. The molecular formula is C14H19N5O2S2. The molecule has 1 saturated heterocycles. The lowest BCUT2D eigenvalue weighted by molar-refractivity contribution is -0.117. The maximum absolute atomic E-state index is 12.1. The lowest BCUT2D eigenvalue weighted by Gasteiger charge is -2.13. The fourth-order valence-electron chi connectivity index (χ4n) is 2.35. The summed E-state index contributed by atoms with van der Waals surface area (Å²) >= 11 is 2.99. The van der Waals surface area contributed by atoms with Crippen molar-refractivity contribution in [1.29, 1.82) is 0 Å². The third-order valence-corrected chi connectivity index (χ3v) is 5.26. The second kappa shape index (κ2) is 7.43. The first-order valence-electron chi connectivity index (χ1n) is 7.44. The van der Waals surface area contributed by atoms with Gasteiger partial charge in [0.15, 0.2) is 0 Å². The second-order valence-electron chi connectivity index (χ2n) is 5.55. The first-order valence-corrected chi connectivity index (χ1v) is 9.14. The lowest BCUT2D eigenvalue weighted by Crippen LogP contribution is -2.29. The van der Waals surface area contributed by atoms with Gasteiger partial charge in [-0.2, -0.15) is 0 Å². The van der Waals surface area contributed by atoms with Gasteiger partial charge >= 0.3 is 0 Å². The zero-order valence-corrected chi connectivity index (χ0v) is 14.7. The van der Waals surface area contributed by atoms with Crippen molar-refractivity contribution in [2.75, 3.05) is 25.5 Å². The van der Waals surface area contributed by atoms with Gasteiger partial charge in [-0.05, 0) is 26.8 Å². The van der Waals surface area contributed by atoms with Crippen molar-refractivity contribution >= 4 is 33.7 Å². The third kappa shape index (κ3) is 4.54. The fourth-order valence-corrected chi connectivity index (χ4v) is 4.05. The van der Waals surface area contributed by atoms with Crippen LogP contribution in [0.3, 0.4) is 0 Å². The van der Waals surface area contributed by atoms with Crippen LogP contribution in [-0.4, -0.2) is 46.2 Å².